The molecule has 0 saturated carbocycles. The second-order valence-electron chi connectivity index (χ2n) is 9.84. The molecule has 2 saturated heterocycles. The normalized spacial score (nSPS) is 19.6. The summed E-state index contributed by atoms with van der Waals surface area (Å²) in [4.78, 5) is 25.2. The molecule has 5 rings (SSSR count). The van der Waals surface area contributed by atoms with E-state index in [1.165, 1.54) is 27.9 Å². The van der Waals surface area contributed by atoms with Gasteiger partial charge in [0.1, 0.15) is 0 Å². The zero-order valence-electron chi connectivity index (χ0n) is 21.5. The van der Waals surface area contributed by atoms with Crippen molar-refractivity contribution >= 4 is 31.1 Å². The first kappa shape index (κ1) is 27.2. The van der Waals surface area contributed by atoms with Gasteiger partial charge in [-0.05, 0) is 0 Å². The van der Waals surface area contributed by atoms with Gasteiger partial charge >= 0.3 is 222 Å². The fraction of sp³-hybridized carbons (Fsp3) is 0.393. The summed E-state index contributed by atoms with van der Waals surface area (Å²) in [5.41, 5.74) is 3.39. The molecule has 0 bridgehead atoms. The van der Waals surface area contributed by atoms with Crippen LogP contribution in [-0.2, 0) is 4.79 Å². The molecule has 2 fully saturated rings. The van der Waals surface area contributed by atoms with E-state index >= 15 is 0 Å². The Morgan fingerprint density at radius 3 is 2.72 bits per heavy atom. The first-order valence-corrected chi connectivity index (χ1v) is 14.7. The molecule has 8 nitrogen and oxygen atoms in total. The Hall–Kier alpha value is -3.41. The van der Waals surface area contributed by atoms with Crippen molar-refractivity contribution in [1.29, 1.82) is 5.26 Å². The van der Waals surface area contributed by atoms with Gasteiger partial charge in [-0.25, -0.2) is 0 Å². The molecule has 2 aromatic carbocycles. The van der Waals surface area contributed by atoms with Crippen LogP contribution in [0.4, 0.5) is 8.78 Å². The number of carbonyl (C=O) groups excluding carboxylic acids is 1. The molecule has 39 heavy (non-hydrogen) atoms. The van der Waals surface area contributed by atoms with Crippen LogP contribution in [0.15, 0.2) is 42.7 Å². The number of piperidine rings is 2. The van der Waals surface area contributed by atoms with E-state index in [4.69, 9.17) is 4.74 Å². The van der Waals surface area contributed by atoms with E-state index in [1.807, 2.05) is 6.07 Å². The summed E-state index contributed by atoms with van der Waals surface area (Å²) in [7, 11) is 0. The predicted molar refractivity (Wildman–Crippen MR) is 143 cm³/mol. The van der Waals surface area contributed by atoms with Crippen LogP contribution in [0, 0.1) is 18.3 Å². The number of nitrogens with one attached hydrogen (secondary N) is 1. The van der Waals surface area contributed by atoms with Gasteiger partial charge in [-0.2, -0.15) is 0 Å². The standard InChI is InChI=1S/C28H28AsF2N6O2/c1-18-12-22(3-4-23(18)19-6-9-33-10-7-19)29-27-35-16-34-26(36-27)20-2-5-24(21(13-20)14-32)39-25-8-11-37(17-38)15-28(25,30)31/h2-5,12-13,16-17,19,25,33H,6-11,15H2,1H3. The van der Waals surface area contributed by atoms with Crippen molar-refractivity contribution in [1.82, 2.24) is 25.2 Å². The number of aromatic nitrogens is 3. The first-order chi connectivity index (χ1) is 18.9. The summed E-state index contributed by atoms with van der Waals surface area (Å²) in [5, 5.41) is 13.1. The molecule has 1 radical (unpaired) electrons. The third-order valence-corrected chi connectivity index (χ3v) is 9.16. The SMILES string of the molecule is Cc1cc([As]c2ncnc(-c3ccc(OC4CCN(C=O)CC4(F)F)c(C#N)c3)n2)ccc1C1CCNCC1. The monoisotopic (exact) mass is 593 g/mol. The number of amides is 1. The van der Waals surface area contributed by atoms with Gasteiger partial charge in [0.15, 0.2) is 0 Å². The Bertz CT molecular complexity index is 1390. The molecule has 201 valence electrons. The van der Waals surface area contributed by atoms with Crippen molar-refractivity contribution in [2.24, 2.45) is 0 Å². The molecule has 2 aliphatic heterocycles. The number of nitriles is 1. The van der Waals surface area contributed by atoms with E-state index in [0.717, 1.165) is 30.8 Å². The van der Waals surface area contributed by atoms with Crippen LogP contribution in [0.25, 0.3) is 11.4 Å². The van der Waals surface area contributed by atoms with Crippen LogP contribution in [0.3, 0.4) is 0 Å². The fourth-order valence-electron chi connectivity index (χ4n) is 5.11. The van der Waals surface area contributed by atoms with Gasteiger partial charge < -0.3 is 0 Å². The molecule has 0 spiro atoms. The molecule has 1 aromatic heterocycles. The second-order valence-corrected chi connectivity index (χ2v) is 12.2. The zero-order chi connectivity index (χ0) is 27.4. The minimum atomic E-state index is -3.22. The maximum absolute atomic E-state index is 14.5. The molecule has 1 amide bonds. The fourth-order valence-corrected chi connectivity index (χ4v) is 6.98. The number of nitrogens with zero attached hydrogens (tertiary/aromatic N) is 5. The van der Waals surface area contributed by atoms with Crippen LogP contribution in [0.2, 0.25) is 0 Å². The van der Waals surface area contributed by atoms with E-state index in [0.29, 0.717) is 28.3 Å². The van der Waals surface area contributed by atoms with Gasteiger partial charge in [0.2, 0.25) is 6.41 Å². The Kier molecular flexibility index (Phi) is 8.20. The second kappa shape index (κ2) is 11.8. The summed E-state index contributed by atoms with van der Waals surface area (Å²) in [6.07, 6.45) is 2.72. The van der Waals surface area contributed by atoms with Gasteiger partial charge in [-0.1, -0.05) is 0 Å². The summed E-state index contributed by atoms with van der Waals surface area (Å²) in [6.45, 7) is 3.73. The molecule has 1 unspecified atom stereocenters. The van der Waals surface area contributed by atoms with E-state index in [2.05, 4.69) is 45.4 Å². The topological polar surface area (TPSA) is 104 Å². The average Bonchev–Trinajstić information content (AvgIpc) is 2.94. The molecule has 3 aromatic rings. The summed E-state index contributed by atoms with van der Waals surface area (Å²) < 4.78 is 36.5. The van der Waals surface area contributed by atoms with E-state index in [1.54, 1.807) is 12.1 Å². The number of rotatable bonds is 7. The van der Waals surface area contributed by atoms with Crippen LogP contribution in [-0.4, -0.2) is 80.2 Å². The molecular formula is C28H28AsF2N6O2. The number of ether oxygens (including phenoxy) is 1. The molecule has 1 N–H and O–H groups in total. The van der Waals surface area contributed by atoms with Gasteiger partial charge in [0.25, 0.3) is 0 Å². The summed E-state index contributed by atoms with van der Waals surface area (Å²) in [5.74, 6) is -2.15. The van der Waals surface area contributed by atoms with Crippen molar-refractivity contribution in [2.45, 2.75) is 44.1 Å². The van der Waals surface area contributed by atoms with Gasteiger partial charge in [-0.3, -0.25) is 4.79 Å². The Morgan fingerprint density at radius 2 is 2.00 bits per heavy atom. The van der Waals surface area contributed by atoms with Crippen molar-refractivity contribution in [3.05, 3.63) is 59.4 Å². The minimum absolute atomic E-state index is 0.0311. The third kappa shape index (κ3) is 6.26. The number of benzene rings is 2. The number of hydrogen-bond acceptors (Lipinski definition) is 7. The Labute approximate surface area is 232 Å². The summed E-state index contributed by atoms with van der Waals surface area (Å²) >= 11 is -0.477. The number of likely N-dealkylation sites (tertiary alicyclic amines) is 1. The first-order valence-electron chi connectivity index (χ1n) is 12.9. The number of hydrogen-bond donors (Lipinski definition) is 1. The molecule has 3 heterocycles. The van der Waals surface area contributed by atoms with Gasteiger partial charge in [0.05, 0.1) is 0 Å². The van der Waals surface area contributed by atoms with Crippen LogP contribution in [0.5, 0.6) is 5.75 Å². The predicted octanol–water partition coefficient (Wildman–Crippen LogP) is 2.09. The summed E-state index contributed by atoms with van der Waals surface area (Å²) in [6, 6.07) is 13.4. The van der Waals surface area contributed by atoms with Crippen LogP contribution < -0.4 is 19.0 Å². The van der Waals surface area contributed by atoms with Crippen LogP contribution >= 0.6 is 0 Å². The Morgan fingerprint density at radius 1 is 1.18 bits per heavy atom. The van der Waals surface area contributed by atoms with Crippen LogP contribution in [0.1, 0.15) is 41.9 Å². The molecular weight excluding hydrogens is 565 g/mol. The molecule has 0 aliphatic carbocycles. The van der Waals surface area contributed by atoms with Crippen molar-refractivity contribution in [2.75, 3.05) is 26.2 Å². The van der Waals surface area contributed by atoms with E-state index < -0.39 is 34.3 Å². The number of halogens is 2. The zero-order valence-corrected chi connectivity index (χ0v) is 23.4. The van der Waals surface area contributed by atoms with Crippen molar-refractivity contribution in [3.8, 4) is 23.2 Å². The van der Waals surface area contributed by atoms with E-state index in [-0.39, 0.29) is 24.3 Å². The number of alkyl halides is 2. The molecule has 2 aliphatic rings. The van der Waals surface area contributed by atoms with Crippen molar-refractivity contribution in [3.63, 3.8) is 0 Å². The van der Waals surface area contributed by atoms with Gasteiger partial charge in [0, 0.05) is 0 Å². The number of carbonyl (C=O) groups is 1. The van der Waals surface area contributed by atoms with Crippen molar-refractivity contribution < 1.29 is 18.3 Å². The Balaban J connectivity index is 1.31. The third-order valence-electron chi connectivity index (χ3n) is 7.16. The quantitative estimate of drug-likeness (QED) is 0.331. The molecule has 11 heteroatoms. The average molecular weight is 593 g/mol. The van der Waals surface area contributed by atoms with Gasteiger partial charge in [-0.15, -0.1) is 0 Å². The maximum atomic E-state index is 14.5. The van der Waals surface area contributed by atoms with E-state index in [9.17, 15) is 18.8 Å². The molecule has 1 atom stereocenters. The number of aryl methyl sites for hydroxylation is 1.